The number of nitrogens with zero attached hydrogens (tertiary/aromatic N) is 2. The fourth-order valence-corrected chi connectivity index (χ4v) is 5.25. The summed E-state index contributed by atoms with van der Waals surface area (Å²) in [5.74, 6) is -0.461. The van der Waals surface area contributed by atoms with Crippen molar-refractivity contribution in [3.63, 3.8) is 0 Å². The fourth-order valence-electron chi connectivity index (χ4n) is 3.67. The molecule has 1 aromatic heterocycles. The van der Waals surface area contributed by atoms with E-state index < -0.39 is 12.0 Å². The lowest BCUT2D eigenvalue weighted by atomic mass is 9.96. The molecule has 0 bridgehead atoms. The average Bonchev–Trinajstić information content (AvgIpc) is 3.08. The Bertz CT molecular complexity index is 1400. The molecule has 2 aromatic carbocycles. The van der Waals surface area contributed by atoms with Gasteiger partial charge < -0.3 is 4.74 Å². The molecule has 0 N–H and O–H groups in total. The van der Waals surface area contributed by atoms with E-state index in [2.05, 4.69) is 4.99 Å². The van der Waals surface area contributed by atoms with Gasteiger partial charge in [0.05, 0.1) is 27.9 Å². The van der Waals surface area contributed by atoms with E-state index in [1.165, 1.54) is 11.3 Å². The lowest BCUT2D eigenvalue weighted by Gasteiger charge is -2.25. The van der Waals surface area contributed by atoms with Crippen molar-refractivity contribution in [3.8, 4) is 0 Å². The van der Waals surface area contributed by atoms with Crippen LogP contribution in [-0.2, 0) is 9.53 Å². The highest BCUT2D eigenvalue weighted by Crippen LogP contribution is 2.32. The van der Waals surface area contributed by atoms with Gasteiger partial charge in [0.15, 0.2) is 4.80 Å². The highest BCUT2D eigenvalue weighted by atomic mass is 35.5. The minimum atomic E-state index is -0.615. The Labute approximate surface area is 205 Å². The third-order valence-corrected chi connectivity index (χ3v) is 7.16. The molecule has 0 radical (unpaired) electrons. The number of carbonyl (C=O) groups excluding carboxylic acids is 1. The van der Waals surface area contributed by atoms with Crippen molar-refractivity contribution in [1.82, 2.24) is 4.57 Å². The van der Waals surface area contributed by atoms with Crippen LogP contribution in [0.2, 0.25) is 5.02 Å². The van der Waals surface area contributed by atoms with Crippen LogP contribution in [0.4, 0.5) is 0 Å². The molecule has 3 aromatic rings. The molecule has 0 saturated heterocycles. The van der Waals surface area contributed by atoms with E-state index in [9.17, 15) is 9.59 Å². The summed E-state index contributed by atoms with van der Waals surface area (Å²) in [7, 11) is 0. The van der Waals surface area contributed by atoms with Gasteiger partial charge in [-0.3, -0.25) is 9.36 Å². The minimum Gasteiger partial charge on any atom is -0.459 e. The Kier molecular flexibility index (Phi) is 6.93. The van der Waals surface area contributed by atoms with Crippen LogP contribution in [0.3, 0.4) is 0 Å². The second kappa shape index (κ2) is 9.71. The topological polar surface area (TPSA) is 60.7 Å². The predicted octanol–water partition coefficient (Wildman–Crippen LogP) is 4.56. The van der Waals surface area contributed by atoms with E-state index in [1.807, 2.05) is 48.7 Å². The Morgan fingerprint density at radius 2 is 1.85 bits per heavy atom. The Balaban J connectivity index is 1.92. The minimum absolute atomic E-state index is 0.199. The zero-order chi connectivity index (χ0) is 23.7. The number of rotatable bonds is 5. The van der Waals surface area contributed by atoms with Gasteiger partial charge in [-0.1, -0.05) is 47.2 Å². The van der Waals surface area contributed by atoms with Crippen molar-refractivity contribution in [3.05, 3.63) is 95.6 Å². The zero-order valence-electron chi connectivity index (χ0n) is 18.7. The molecule has 1 unspecified atom stereocenters. The Morgan fingerprint density at radius 1 is 1.18 bits per heavy atom. The molecule has 2 heterocycles. The molecule has 1 aliphatic rings. The van der Waals surface area contributed by atoms with Gasteiger partial charge in [0.2, 0.25) is 0 Å². The third kappa shape index (κ3) is 4.86. The van der Waals surface area contributed by atoms with Crippen LogP contribution in [0.25, 0.3) is 6.08 Å². The van der Waals surface area contributed by atoms with E-state index in [1.54, 1.807) is 49.2 Å². The largest absolute Gasteiger partial charge is 0.459 e. The van der Waals surface area contributed by atoms with Crippen molar-refractivity contribution in [2.24, 2.45) is 4.99 Å². The number of ether oxygens (including phenoxy) is 1. The summed E-state index contributed by atoms with van der Waals surface area (Å²) in [6.07, 6.45) is 3.54. The molecular formula is C25H23ClN2O3S2. The summed E-state index contributed by atoms with van der Waals surface area (Å²) in [6, 6.07) is 14.5. The fraction of sp³-hybridized carbons (Fsp3) is 0.240. The standard InChI is InChI=1S/C25H23ClN2O3S2/c1-14(2)31-24(30)21-15(3)27-25-28(22(21)17-7-11-19(32-4)12-8-17)23(29)20(33-25)13-16-5-9-18(26)10-6-16/h5-14,22H,1-4H3. The van der Waals surface area contributed by atoms with Crippen molar-refractivity contribution in [2.75, 3.05) is 6.26 Å². The van der Waals surface area contributed by atoms with Gasteiger partial charge in [0, 0.05) is 9.92 Å². The predicted molar refractivity (Wildman–Crippen MR) is 135 cm³/mol. The Morgan fingerprint density at radius 3 is 2.45 bits per heavy atom. The van der Waals surface area contributed by atoms with Gasteiger partial charge in [-0.15, -0.1) is 11.8 Å². The van der Waals surface area contributed by atoms with Gasteiger partial charge in [0.1, 0.15) is 0 Å². The second-order valence-electron chi connectivity index (χ2n) is 7.86. The van der Waals surface area contributed by atoms with Crippen molar-refractivity contribution in [2.45, 2.75) is 37.8 Å². The maximum atomic E-state index is 13.6. The first-order chi connectivity index (χ1) is 15.8. The van der Waals surface area contributed by atoms with E-state index in [0.717, 1.165) is 16.0 Å². The lowest BCUT2D eigenvalue weighted by molar-refractivity contribution is -0.143. The molecule has 0 aliphatic carbocycles. The highest BCUT2D eigenvalue weighted by Gasteiger charge is 2.33. The second-order valence-corrected chi connectivity index (χ2v) is 10.2. The van der Waals surface area contributed by atoms with E-state index in [4.69, 9.17) is 16.3 Å². The molecule has 0 saturated carbocycles. The van der Waals surface area contributed by atoms with Crippen LogP contribution in [0.1, 0.15) is 37.9 Å². The number of esters is 1. The van der Waals surface area contributed by atoms with Crippen LogP contribution in [0.5, 0.6) is 0 Å². The molecule has 1 aliphatic heterocycles. The zero-order valence-corrected chi connectivity index (χ0v) is 21.1. The van der Waals surface area contributed by atoms with Gasteiger partial charge in [0.25, 0.3) is 5.56 Å². The highest BCUT2D eigenvalue weighted by molar-refractivity contribution is 7.98. The maximum absolute atomic E-state index is 13.6. The SMILES string of the molecule is CSc1ccc(C2C(C(=O)OC(C)C)=C(C)N=c3sc(=Cc4ccc(Cl)cc4)c(=O)n32)cc1. The van der Waals surface area contributed by atoms with E-state index in [-0.39, 0.29) is 11.7 Å². The molecule has 1 atom stereocenters. The molecule has 5 nitrogen and oxygen atoms in total. The maximum Gasteiger partial charge on any atom is 0.338 e. The van der Waals surface area contributed by atoms with Crippen molar-refractivity contribution in [1.29, 1.82) is 0 Å². The number of benzene rings is 2. The van der Waals surface area contributed by atoms with Crippen LogP contribution in [0, 0.1) is 0 Å². The summed E-state index contributed by atoms with van der Waals surface area (Å²) >= 11 is 8.93. The Hall–Kier alpha value is -2.61. The van der Waals surface area contributed by atoms with Gasteiger partial charge in [-0.05, 0) is 68.5 Å². The number of aromatic nitrogens is 1. The molecular weight excluding hydrogens is 476 g/mol. The lowest BCUT2D eigenvalue weighted by Crippen LogP contribution is -2.40. The summed E-state index contributed by atoms with van der Waals surface area (Å²) in [6.45, 7) is 5.39. The number of halogens is 1. The summed E-state index contributed by atoms with van der Waals surface area (Å²) in [5.41, 5.74) is 2.43. The molecule has 4 rings (SSSR count). The number of allylic oxidation sites excluding steroid dienone is 1. The summed E-state index contributed by atoms with van der Waals surface area (Å²) < 4.78 is 7.67. The number of carbonyl (C=O) groups is 1. The smallest absolute Gasteiger partial charge is 0.338 e. The number of hydrogen-bond acceptors (Lipinski definition) is 6. The number of thioether (sulfide) groups is 1. The van der Waals surface area contributed by atoms with Gasteiger partial charge in [-0.2, -0.15) is 0 Å². The monoisotopic (exact) mass is 498 g/mol. The number of thiazole rings is 1. The van der Waals surface area contributed by atoms with E-state index in [0.29, 0.717) is 25.6 Å². The molecule has 0 spiro atoms. The van der Waals surface area contributed by atoms with Crippen LogP contribution in [0.15, 0.2) is 74.5 Å². The first-order valence-corrected chi connectivity index (χ1v) is 12.8. The van der Waals surface area contributed by atoms with Crippen molar-refractivity contribution >= 4 is 46.7 Å². The third-order valence-electron chi connectivity index (χ3n) is 5.18. The van der Waals surface area contributed by atoms with Crippen LogP contribution < -0.4 is 14.9 Å². The quantitative estimate of drug-likeness (QED) is 0.382. The summed E-state index contributed by atoms with van der Waals surface area (Å²) in [4.78, 5) is 32.9. The first-order valence-electron chi connectivity index (χ1n) is 10.4. The number of fused-ring (bicyclic) bond motifs is 1. The first kappa shape index (κ1) is 23.5. The van der Waals surface area contributed by atoms with Gasteiger partial charge in [-0.25, -0.2) is 9.79 Å². The molecule has 8 heteroatoms. The van der Waals surface area contributed by atoms with Crippen LogP contribution >= 0.6 is 34.7 Å². The van der Waals surface area contributed by atoms with E-state index >= 15 is 0 Å². The number of hydrogen-bond donors (Lipinski definition) is 0. The van der Waals surface area contributed by atoms with Crippen LogP contribution in [-0.4, -0.2) is 22.9 Å². The van der Waals surface area contributed by atoms with Crippen molar-refractivity contribution < 1.29 is 9.53 Å². The van der Waals surface area contributed by atoms with Gasteiger partial charge >= 0.3 is 5.97 Å². The summed E-state index contributed by atoms with van der Waals surface area (Å²) in [5, 5.41) is 0.631. The molecule has 0 fully saturated rings. The average molecular weight is 499 g/mol. The normalized spacial score (nSPS) is 16.1. The molecule has 0 amide bonds. The molecule has 170 valence electrons. The molecule has 33 heavy (non-hydrogen) atoms.